The number of alkyl halides is 3. The first-order valence-corrected chi connectivity index (χ1v) is 9.81. The normalized spacial score (nSPS) is 11.4. The molecule has 2 aromatic carbocycles. The monoisotopic (exact) mass is 488 g/mol. The molecule has 35 heavy (non-hydrogen) atoms. The van der Waals surface area contributed by atoms with E-state index >= 15 is 0 Å². The van der Waals surface area contributed by atoms with E-state index in [-0.39, 0.29) is 33.8 Å². The number of benzene rings is 2. The Labute approximate surface area is 193 Å². The molecule has 11 nitrogen and oxygen atoms in total. The quantitative estimate of drug-likeness (QED) is 0.325. The number of hydrogen-bond donors (Lipinski definition) is 1. The molecule has 0 aliphatic carbocycles. The van der Waals surface area contributed by atoms with Gasteiger partial charge in [0.25, 0.3) is 11.2 Å². The molecule has 4 rings (SSSR count). The summed E-state index contributed by atoms with van der Waals surface area (Å²) in [6.45, 7) is -0.462. The van der Waals surface area contributed by atoms with Gasteiger partial charge < -0.3 is 10.1 Å². The maximum absolute atomic E-state index is 13.0. The van der Waals surface area contributed by atoms with Crippen LogP contribution in [-0.2, 0) is 17.5 Å². The zero-order chi connectivity index (χ0) is 25.3. The molecule has 0 atom stereocenters. The predicted molar refractivity (Wildman–Crippen MR) is 116 cm³/mol. The highest BCUT2D eigenvalue weighted by atomic mass is 19.4. The minimum atomic E-state index is -4.56. The van der Waals surface area contributed by atoms with Crippen LogP contribution < -0.4 is 15.6 Å². The van der Waals surface area contributed by atoms with Crippen molar-refractivity contribution in [2.24, 2.45) is 0 Å². The van der Waals surface area contributed by atoms with E-state index in [1.54, 1.807) is 0 Å². The molecule has 180 valence electrons. The number of nitro benzene ring substituents is 1. The van der Waals surface area contributed by atoms with Gasteiger partial charge in [0.05, 0.1) is 41.2 Å². The third-order valence-electron chi connectivity index (χ3n) is 4.96. The summed E-state index contributed by atoms with van der Waals surface area (Å²) in [6, 6.07) is 8.00. The van der Waals surface area contributed by atoms with Crippen molar-refractivity contribution in [3.05, 3.63) is 81.0 Å². The Hall–Kier alpha value is -4.75. The van der Waals surface area contributed by atoms with E-state index in [1.165, 1.54) is 31.4 Å². The van der Waals surface area contributed by atoms with Crippen LogP contribution in [-0.4, -0.2) is 37.3 Å². The SMILES string of the molecule is COc1cc([N+](=O)[O-])ccc1NC(=O)Cn1cnc2c(cnn2-c2cccc(C(F)(F)F)c2)c1=O. The number of methoxy groups -OCH3 is 1. The van der Waals surface area contributed by atoms with Crippen molar-refractivity contribution in [1.29, 1.82) is 0 Å². The molecule has 0 saturated heterocycles. The number of ether oxygens (including phenoxy) is 1. The number of aromatic nitrogens is 4. The summed E-state index contributed by atoms with van der Waals surface area (Å²) in [5.41, 5.74) is -1.53. The van der Waals surface area contributed by atoms with Crippen LogP contribution in [0.4, 0.5) is 24.5 Å². The molecular weight excluding hydrogens is 473 g/mol. The standard InChI is InChI=1S/C21H15F3N6O5/c1-35-17-8-14(30(33)34)5-6-16(17)27-18(31)10-28-11-25-19-15(20(28)32)9-26-29(19)13-4-2-3-12(7-13)21(22,23)24/h2-9,11H,10H2,1H3,(H,27,31). The van der Waals surface area contributed by atoms with Gasteiger partial charge in [-0.15, -0.1) is 0 Å². The van der Waals surface area contributed by atoms with Crippen LogP contribution in [0.5, 0.6) is 5.75 Å². The van der Waals surface area contributed by atoms with Crippen molar-refractivity contribution in [1.82, 2.24) is 19.3 Å². The van der Waals surface area contributed by atoms with Gasteiger partial charge in [0, 0.05) is 6.07 Å². The minimum Gasteiger partial charge on any atom is -0.494 e. The summed E-state index contributed by atoms with van der Waals surface area (Å²) in [5, 5.41) is 17.4. The second-order valence-corrected chi connectivity index (χ2v) is 7.21. The Balaban J connectivity index is 1.60. The maximum atomic E-state index is 13.0. The molecule has 0 aliphatic rings. The Morgan fingerprint density at radius 1 is 1.23 bits per heavy atom. The first kappa shape index (κ1) is 23.4. The lowest BCUT2D eigenvalue weighted by Gasteiger charge is -2.11. The second kappa shape index (κ2) is 8.89. The summed E-state index contributed by atoms with van der Waals surface area (Å²) in [4.78, 5) is 39.7. The van der Waals surface area contributed by atoms with Crippen LogP contribution in [0, 0.1) is 10.1 Å². The van der Waals surface area contributed by atoms with E-state index < -0.39 is 34.7 Å². The van der Waals surface area contributed by atoms with E-state index in [2.05, 4.69) is 15.4 Å². The zero-order valence-corrected chi connectivity index (χ0v) is 17.8. The van der Waals surface area contributed by atoms with Gasteiger partial charge in [-0.05, 0) is 24.3 Å². The van der Waals surface area contributed by atoms with E-state index in [9.17, 15) is 32.9 Å². The average molecular weight is 488 g/mol. The summed E-state index contributed by atoms with van der Waals surface area (Å²) in [5.74, 6) is -0.596. The molecule has 0 unspecified atom stereocenters. The number of amides is 1. The molecule has 2 aromatic heterocycles. The topological polar surface area (TPSA) is 134 Å². The number of non-ortho nitro benzene ring substituents is 1. The summed E-state index contributed by atoms with van der Waals surface area (Å²) in [7, 11) is 1.28. The number of anilines is 1. The van der Waals surface area contributed by atoms with Gasteiger partial charge >= 0.3 is 6.18 Å². The zero-order valence-electron chi connectivity index (χ0n) is 17.8. The lowest BCUT2D eigenvalue weighted by atomic mass is 10.2. The van der Waals surface area contributed by atoms with Crippen molar-refractivity contribution < 1.29 is 27.6 Å². The third kappa shape index (κ3) is 4.66. The fourth-order valence-electron chi connectivity index (χ4n) is 3.31. The number of nitrogens with one attached hydrogen (secondary N) is 1. The van der Waals surface area contributed by atoms with Crippen molar-refractivity contribution in [3.8, 4) is 11.4 Å². The molecule has 4 aromatic rings. The molecule has 0 radical (unpaired) electrons. The Kier molecular flexibility index (Phi) is 5.94. The fraction of sp³-hybridized carbons (Fsp3) is 0.143. The molecule has 1 N–H and O–H groups in total. The van der Waals surface area contributed by atoms with Gasteiger partial charge in [0.15, 0.2) is 5.65 Å². The largest absolute Gasteiger partial charge is 0.494 e. The number of fused-ring (bicyclic) bond motifs is 1. The van der Waals surface area contributed by atoms with Crippen LogP contribution in [0.1, 0.15) is 5.56 Å². The summed E-state index contributed by atoms with van der Waals surface area (Å²) < 4.78 is 46.3. The average Bonchev–Trinajstić information content (AvgIpc) is 3.25. The van der Waals surface area contributed by atoms with Crippen LogP contribution in [0.15, 0.2) is 59.8 Å². The van der Waals surface area contributed by atoms with Crippen LogP contribution in [0.25, 0.3) is 16.7 Å². The van der Waals surface area contributed by atoms with Gasteiger partial charge in [-0.3, -0.25) is 24.3 Å². The van der Waals surface area contributed by atoms with Gasteiger partial charge in [0.2, 0.25) is 5.91 Å². The number of hydrogen-bond acceptors (Lipinski definition) is 7. The van der Waals surface area contributed by atoms with Crippen molar-refractivity contribution in [2.75, 3.05) is 12.4 Å². The molecule has 0 spiro atoms. The first-order valence-electron chi connectivity index (χ1n) is 9.81. The first-order chi connectivity index (χ1) is 16.6. The smallest absolute Gasteiger partial charge is 0.416 e. The van der Waals surface area contributed by atoms with Gasteiger partial charge in [-0.25, -0.2) is 9.67 Å². The van der Waals surface area contributed by atoms with E-state index in [4.69, 9.17) is 4.74 Å². The fourth-order valence-corrected chi connectivity index (χ4v) is 3.31. The van der Waals surface area contributed by atoms with Crippen LogP contribution >= 0.6 is 0 Å². The molecule has 14 heteroatoms. The maximum Gasteiger partial charge on any atom is 0.416 e. The Bertz CT molecular complexity index is 1510. The third-order valence-corrected chi connectivity index (χ3v) is 4.96. The number of carbonyl (C=O) groups is 1. The number of carbonyl (C=O) groups excluding carboxylic acids is 1. The number of rotatable bonds is 6. The predicted octanol–water partition coefficient (Wildman–Crippen LogP) is 3.16. The highest BCUT2D eigenvalue weighted by molar-refractivity contribution is 5.92. The molecule has 0 saturated carbocycles. The second-order valence-electron chi connectivity index (χ2n) is 7.21. The van der Waals surface area contributed by atoms with Crippen molar-refractivity contribution in [3.63, 3.8) is 0 Å². The van der Waals surface area contributed by atoms with Crippen molar-refractivity contribution in [2.45, 2.75) is 12.7 Å². The van der Waals surface area contributed by atoms with E-state index in [1.807, 2.05) is 0 Å². The van der Waals surface area contributed by atoms with Gasteiger partial charge in [-0.2, -0.15) is 18.3 Å². The Morgan fingerprint density at radius 3 is 2.69 bits per heavy atom. The number of nitro groups is 1. The van der Waals surface area contributed by atoms with Crippen molar-refractivity contribution >= 4 is 28.3 Å². The molecule has 0 aliphatic heterocycles. The molecule has 1 amide bonds. The lowest BCUT2D eigenvalue weighted by molar-refractivity contribution is -0.384. The highest BCUT2D eigenvalue weighted by Crippen LogP contribution is 2.31. The Morgan fingerprint density at radius 2 is 2.00 bits per heavy atom. The molecule has 2 heterocycles. The minimum absolute atomic E-state index is 0.00868. The molecule has 0 fully saturated rings. The number of halogens is 3. The van der Waals surface area contributed by atoms with Gasteiger partial charge in [-0.1, -0.05) is 6.07 Å². The van der Waals surface area contributed by atoms with Crippen LogP contribution in [0.3, 0.4) is 0 Å². The van der Waals surface area contributed by atoms with E-state index in [0.29, 0.717) is 0 Å². The van der Waals surface area contributed by atoms with Crippen LogP contribution in [0.2, 0.25) is 0 Å². The summed E-state index contributed by atoms with van der Waals surface area (Å²) >= 11 is 0. The number of nitrogens with zero attached hydrogens (tertiary/aromatic N) is 5. The lowest BCUT2D eigenvalue weighted by Crippen LogP contribution is -2.28. The molecule has 0 bridgehead atoms. The summed E-state index contributed by atoms with van der Waals surface area (Å²) in [6.07, 6.45) is -2.33. The van der Waals surface area contributed by atoms with Gasteiger partial charge in [0.1, 0.15) is 24.0 Å². The molecular formula is C21H15F3N6O5. The van der Waals surface area contributed by atoms with E-state index in [0.717, 1.165) is 40.0 Å². The highest BCUT2D eigenvalue weighted by Gasteiger charge is 2.30.